The van der Waals surface area contributed by atoms with Gasteiger partial charge in [-0.15, -0.1) is 0 Å². The van der Waals surface area contributed by atoms with Crippen molar-refractivity contribution in [1.29, 1.82) is 0 Å². The highest BCUT2D eigenvalue weighted by molar-refractivity contribution is 8.33. The summed E-state index contributed by atoms with van der Waals surface area (Å²) in [5.74, 6) is 6.49. The smallest absolute Gasteiger partial charge is 0.148 e. The molecule has 148 valence electrons. The Balaban J connectivity index is 2.36. The van der Waals surface area contributed by atoms with Crippen LogP contribution in [0.1, 0.15) is 72.6 Å². The highest BCUT2D eigenvalue weighted by atomic mass is 32.3. The minimum absolute atomic E-state index is 0.208. The SMILES string of the molecule is CCCCCCSCC(=O)C(C)(C)CC1CCS(C)(CC(=O)CC)C1. The zero-order chi connectivity index (χ0) is 18.9. The van der Waals surface area contributed by atoms with Gasteiger partial charge in [0.05, 0.1) is 5.75 Å². The van der Waals surface area contributed by atoms with Crippen LogP contribution in [-0.4, -0.2) is 46.6 Å². The topological polar surface area (TPSA) is 34.1 Å². The van der Waals surface area contributed by atoms with Crippen molar-refractivity contribution in [2.45, 2.75) is 72.6 Å². The van der Waals surface area contributed by atoms with Crippen LogP contribution >= 0.6 is 21.8 Å². The normalized spacial score (nSPS) is 26.4. The van der Waals surface area contributed by atoms with Gasteiger partial charge in [0.25, 0.3) is 0 Å². The Labute approximate surface area is 162 Å². The Kier molecular flexibility index (Phi) is 10.2. The van der Waals surface area contributed by atoms with E-state index >= 15 is 0 Å². The molecule has 0 bridgehead atoms. The lowest BCUT2D eigenvalue weighted by atomic mass is 9.79. The highest BCUT2D eigenvalue weighted by Gasteiger charge is 2.37. The number of unbranched alkanes of at least 4 members (excludes halogenated alkanes) is 3. The zero-order valence-electron chi connectivity index (χ0n) is 17.2. The number of rotatable bonds is 13. The van der Waals surface area contributed by atoms with Crippen LogP contribution in [0.4, 0.5) is 0 Å². The third-order valence-corrected chi connectivity index (χ3v) is 10.0. The van der Waals surface area contributed by atoms with Crippen molar-refractivity contribution in [3.63, 3.8) is 0 Å². The first-order valence-electron chi connectivity index (χ1n) is 10.1. The summed E-state index contributed by atoms with van der Waals surface area (Å²) >= 11 is 1.82. The molecular weight excluding hydrogens is 348 g/mol. The van der Waals surface area contributed by atoms with E-state index in [-0.39, 0.29) is 5.41 Å². The highest BCUT2D eigenvalue weighted by Crippen LogP contribution is 2.54. The molecule has 0 aromatic rings. The maximum absolute atomic E-state index is 12.7. The summed E-state index contributed by atoms with van der Waals surface area (Å²) in [6.45, 7) is 8.47. The predicted molar refractivity (Wildman–Crippen MR) is 116 cm³/mol. The Hall–Kier alpha value is 0.0400. The number of ketones is 2. The van der Waals surface area contributed by atoms with E-state index in [0.717, 1.165) is 17.9 Å². The molecule has 1 saturated heterocycles. The molecular formula is C21H40O2S2. The van der Waals surface area contributed by atoms with E-state index < -0.39 is 10.0 Å². The van der Waals surface area contributed by atoms with Crippen LogP contribution < -0.4 is 0 Å². The van der Waals surface area contributed by atoms with Gasteiger partial charge >= 0.3 is 0 Å². The second kappa shape index (κ2) is 11.0. The molecule has 0 spiro atoms. The lowest BCUT2D eigenvalue weighted by molar-refractivity contribution is -0.125. The van der Waals surface area contributed by atoms with Gasteiger partial charge in [-0.1, -0.05) is 47.0 Å². The molecule has 2 atom stereocenters. The zero-order valence-corrected chi connectivity index (χ0v) is 18.8. The summed E-state index contributed by atoms with van der Waals surface area (Å²) in [5, 5.41) is 0. The van der Waals surface area contributed by atoms with Gasteiger partial charge in [-0.3, -0.25) is 9.59 Å². The van der Waals surface area contributed by atoms with Crippen molar-refractivity contribution in [2.75, 3.05) is 35.0 Å². The Morgan fingerprint density at radius 1 is 1.16 bits per heavy atom. The average molecular weight is 389 g/mol. The summed E-state index contributed by atoms with van der Waals surface area (Å²) in [6, 6.07) is 0. The van der Waals surface area contributed by atoms with Crippen molar-refractivity contribution in [3.8, 4) is 0 Å². The summed E-state index contributed by atoms with van der Waals surface area (Å²) < 4.78 is 0. The van der Waals surface area contributed by atoms with Crippen LogP contribution in [0.25, 0.3) is 0 Å². The third-order valence-electron chi connectivity index (χ3n) is 5.49. The van der Waals surface area contributed by atoms with E-state index in [2.05, 4.69) is 27.0 Å². The second-order valence-electron chi connectivity index (χ2n) is 8.66. The Morgan fingerprint density at radius 2 is 1.88 bits per heavy atom. The number of carbonyl (C=O) groups is 2. The van der Waals surface area contributed by atoms with Crippen LogP contribution in [0.2, 0.25) is 0 Å². The number of hydrogen-bond acceptors (Lipinski definition) is 3. The fraction of sp³-hybridized carbons (Fsp3) is 0.905. The number of carbonyl (C=O) groups excluding carboxylic acids is 2. The van der Waals surface area contributed by atoms with E-state index in [9.17, 15) is 9.59 Å². The minimum Gasteiger partial charge on any atom is -0.299 e. The summed E-state index contributed by atoms with van der Waals surface area (Å²) in [5.41, 5.74) is -0.208. The van der Waals surface area contributed by atoms with E-state index in [1.165, 1.54) is 43.6 Å². The van der Waals surface area contributed by atoms with Gasteiger partial charge < -0.3 is 0 Å². The van der Waals surface area contributed by atoms with Crippen molar-refractivity contribution < 1.29 is 9.59 Å². The molecule has 0 amide bonds. The van der Waals surface area contributed by atoms with E-state index in [0.29, 0.717) is 29.7 Å². The molecule has 0 N–H and O–H groups in total. The van der Waals surface area contributed by atoms with Crippen LogP contribution in [0.15, 0.2) is 0 Å². The van der Waals surface area contributed by atoms with Crippen molar-refractivity contribution in [2.24, 2.45) is 11.3 Å². The maximum Gasteiger partial charge on any atom is 0.148 e. The van der Waals surface area contributed by atoms with E-state index in [4.69, 9.17) is 0 Å². The first-order chi connectivity index (χ1) is 11.7. The molecule has 1 fully saturated rings. The summed E-state index contributed by atoms with van der Waals surface area (Å²) in [6.07, 6.45) is 10.3. The molecule has 0 saturated carbocycles. The fourth-order valence-corrected chi connectivity index (χ4v) is 8.66. The number of hydrogen-bond donors (Lipinski definition) is 0. The average Bonchev–Trinajstić information content (AvgIpc) is 2.90. The molecule has 1 heterocycles. The van der Waals surface area contributed by atoms with Crippen LogP contribution in [0.3, 0.4) is 0 Å². The lowest BCUT2D eigenvalue weighted by Crippen LogP contribution is -2.29. The largest absolute Gasteiger partial charge is 0.299 e. The van der Waals surface area contributed by atoms with Gasteiger partial charge in [-0.25, -0.2) is 10.0 Å². The first-order valence-corrected chi connectivity index (χ1v) is 13.8. The second-order valence-corrected chi connectivity index (χ2v) is 13.8. The van der Waals surface area contributed by atoms with Crippen molar-refractivity contribution >= 4 is 33.4 Å². The fourth-order valence-electron chi connectivity index (χ4n) is 3.80. The third kappa shape index (κ3) is 8.51. The Bertz CT molecular complexity index is 434. The standard InChI is InChI=1S/C21H40O2S2/c1-6-8-9-10-12-24-15-20(23)21(3,4)14-18-11-13-25(5,16-18)17-19(22)7-2/h18H,6-17H2,1-5H3. The van der Waals surface area contributed by atoms with Crippen molar-refractivity contribution in [1.82, 2.24) is 0 Å². The van der Waals surface area contributed by atoms with E-state index in [1.807, 2.05) is 18.7 Å². The molecule has 2 unspecified atom stereocenters. The number of Topliss-reactive ketones (excluding diaryl/α,β-unsaturated/α-hetero) is 2. The molecule has 1 aliphatic heterocycles. The minimum atomic E-state index is -0.758. The summed E-state index contributed by atoms with van der Waals surface area (Å²) in [7, 11) is -0.758. The van der Waals surface area contributed by atoms with Gasteiger partial charge in [-0.2, -0.15) is 11.8 Å². The molecule has 0 radical (unpaired) electrons. The first kappa shape index (κ1) is 23.1. The van der Waals surface area contributed by atoms with Crippen LogP contribution in [0, 0.1) is 11.3 Å². The molecule has 2 nitrogen and oxygen atoms in total. The molecule has 4 heteroatoms. The number of thioether (sulfide) groups is 1. The van der Waals surface area contributed by atoms with E-state index in [1.54, 1.807) is 0 Å². The molecule has 0 aromatic carbocycles. The van der Waals surface area contributed by atoms with Crippen molar-refractivity contribution in [3.05, 3.63) is 0 Å². The monoisotopic (exact) mass is 388 g/mol. The Morgan fingerprint density at radius 3 is 2.52 bits per heavy atom. The maximum atomic E-state index is 12.7. The summed E-state index contributed by atoms with van der Waals surface area (Å²) in [4.78, 5) is 24.5. The van der Waals surface area contributed by atoms with Crippen LogP contribution in [-0.2, 0) is 9.59 Å². The predicted octanol–water partition coefficient (Wildman–Crippen LogP) is 5.72. The molecule has 25 heavy (non-hydrogen) atoms. The van der Waals surface area contributed by atoms with Gasteiger partial charge in [0.1, 0.15) is 11.6 Å². The van der Waals surface area contributed by atoms with Gasteiger partial charge in [0.15, 0.2) is 0 Å². The van der Waals surface area contributed by atoms with Gasteiger partial charge in [0.2, 0.25) is 0 Å². The molecule has 0 aliphatic carbocycles. The molecule has 0 aromatic heterocycles. The molecule has 1 aliphatic rings. The van der Waals surface area contributed by atoms with Gasteiger partial charge in [-0.05, 0) is 48.7 Å². The van der Waals surface area contributed by atoms with Gasteiger partial charge in [0, 0.05) is 17.6 Å². The quantitative estimate of drug-likeness (QED) is 0.378. The molecule has 1 rings (SSSR count). The van der Waals surface area contributed by atoms with Crippen LogP contribution in [0.5, 0.6) is 0 Å². The lowest BCUT2D eigenvalue weighted by Gasteiger charge is -2.32.